The van der Waals surface area contributed by atoms with E-state index in [1.807, 2.05) is 52.9 Å². The van der Waals surface area contributed by atoms with Gasteiger partial charge in [0, 0.05) is 35.8 Å². The van der Waals surface area contributed by atoms with Gasteiger partial charge in [-0.25, -0.2) is 9.59 Å². The maximum absolute atomic E-state index is 13.6. The van der Waals surface area contributed by atoms with Crippen molar-refractivity contribution in [3.8, 4) is 23.1 Å². The normalized spacial score (nSPS) is 24.7. The molecule has 252 valence electrons. The molecular weight excluding hydrogens is 668 g/mol. The summed E-state index contributed by atoms with van der Waals surface area (Å²) in [6.45, 7) is 5.38. The van der Waals surface area contributed by atoms with Crippen LogP contribution in [0.2, 0.25) is 5.02 Å². The predicted octanol–water partition coefficient (Wildman–Crippen LogP) is 6.52. The summed E-state index contributed by atoms with van der Waals surface area (Å²) in [6, 6.07) is 8.13. The van der Waals surface area contributed by atoms with Gasteiger partial charge in [-0.2, -0.15) is 0 Å². The van der Waals surface area contributed by atoms with Gasteiger partial charge in [0.25, 0.3) is 5.91 Å². The van der Waals surface area contributed by atoms with Crippen LogP contribution >= 0.6 is 35.6 Å². The Morgan fingerprint density at radius 2 is 1.92 bits per heavy atom. The molecule has 1 aromatic heterocycles. The highest BCUT2D eigenvalue weighted by Crippen LogP contribution is 2.49. The molecule has 2 saturated carbocycles. The summed E-state index contributed by atoms with van der Waals surface area (Å²) < 4.78 is 8.04. The third-order valence-corrected chi connectivity index (χ3v) is 11.1. The van der Waals surface area contributed by atoms with Gasteiger partial charge in [0.05, 0.1) is 29.2 Å². The molecule has 0 spiro atoms. The van der Waals surface area contributed by atoms with E-state index in [4.69, 9.17) is 28.6 Å². The van der Waals surface area contributed by atoms with Gasteiger partial charge in [0.2, 0.25) is 5.91 Å². The van der Waals surface area contributed by atoms with E-state index in [0.717, 1.165) is 33.8 Å². The summed E-state index contributed by atoms with van der Waals surface area (Å²) in [6.07, 6.45) is 7.37. The molecule has 4 aliphatic rings. The molecule has 2 bridgehead atoms. The van der Waals surface area contributed by atoms with Gasteiger partial charge < -0.3 is 14.6 Å². The molecule has 4 atom stereocenters. The first-order chi connectivity index (χ1) is 22.8. The molecule has 6 rings (SSSR count). The van der Waals surface area contributed by atoms with E-state index in [1.54, 1.807) is 20.8 Å². The molecular formula is C36H39ClN4O5S2. The van der Waals surface area contributed by atoms with Gasteiger partial charge in [0.1, 0.15) is 10.4 Å². The lowest BCUT2D eigenvalue weighted by Crippen LogP contribution is -2.62. The maximum atomic E-state index is 13.6. The Labute approximate surface area is 295 Å². The quantitative estimate of drug-likeness (QED) is 0.115. The number of halogens is 1. The van der Waals surface area contributed by atoms with Crippen LogP contribution in [0.4, 0.5) is 4.79 Å². The minimum atomic E-state index is -1.01. The van der Waals surface area contributed by atoms with Gasteiger partial charge in [-0.15, -0.1) is 0 Å². The molecule has 2 saturated heterocycles. The number of unbranched alkanes of at least 4 members (excludes halogenated alkanes) is 1. The van der Waals surface area contributed by atoms with E-state index in [1.165, 1.54) is 31.0 Å². The second-order valence-corrected chi connectivity index (χ2v) is 16.0. The third-order valence-electron chi connectivity index (χ3n) is 9.52. The third kappa shape index (κ3) is 6.93. The standard InChI is InChI=1S/C36H39ClN4O5S2/c1-36(2,3)41-30(42)20-27(38-34(41)45)33(44)46-15-7-5-6-8-24-18-26(39(4)31(24)22-11-13-25(37)14-12-22)19-29-32(43)40(35(47)48-29)28-17-21-9-10-23(28)16-21/h11-14,18-19,21,23,27-28H,5,7,9-10,15-17,20H2,1-4H3,(H,38,45)/b29-19-/t21?,23?,27-,28?/m0/s1. The zero-order valence-electron chi connectivity index (χ0n) is 27.5. The van der Waals surface area contributed by atoms with Crippen LogP contribution in [0.25, 0.3) is 17.3 Å². The molecule has 3 unspecified atom stereocenters. The van der Waals surface area contributed by atoms with E-state index in [9.17, 15) is 19.2 Å². The molecule has 0 radical (unpaired) electrons. The average Bonchev–Trinajstić information content (AvgIpc) is 3.78. The number of rotatable bonds is 7. The summed E-state index contributed by atoms with van der Waals surface area (Å²) in [5.74, 6) is 6.66. The number of imide groups is 1. The van der Waals surface area contributed by atoms with Crippen LogP contribution in [0.5, 0.6) is 0 Å². The van der Waals surface area contributed by atoms with Crippen molar-refractivity contribution >= 4 is 69.8 Å². The number of thiocarbonyl (C=S) groups is 1. The van der Waals surface area contributed by atoms with Crippen LogP contribution in [0.15, 0.2) is 35.2 Å². The Morgan fingerprint density at radius 1 is 1.17 bits per heavy atom. The van der Waals surface area contributed by atoms with E-state index < -0.39 is 29.5 Å². The highest BCUT2D eigenvalue weighted by atomic mass is 35.5. The zero-order chi connectivity index (χ0) is 34.3. The van der Waals surface area contributed by atoms with Crippen molar-refractivity contribution in [3.05, 3.63) is 51.5 Å². The van der Waals surface area contributed by atoms with Crippen molar-refractivity contribution in [1.29, 1.82) is 0 Å². The molecule has 4 amide bonds. The zero-order valence-corrected chi connectivity index (χ0v) is 29.9. The topological polar surface area (TPSA) is 101 Å². The number of nitrogens with zero attached hydrogens (tertiary/aromatic N) is 3. The van der Waals surface area contributed by atoms with Crippen LogP contribution in [-0.2, 0) is 26.2 Å². The van der Waals surface area contributed by atoms with Crippen LogP contribution < -0.4 is 5.32 Å². The fourth-order valence-corrected chi connectivity index (χ4v) is 8.78. The van der Waals surface area contributed by atoms with Crippen molar-refractivity contribution in [2.75, 3.05) is 6.61 Å². The highest BCUT2D eigenvalue weighted by molar-refractivity contribution is 8.26. The molecule has 48 heavy (non-hydrogen) atoms. The number of thioether (sulfide) groups is 1. The Hall–Kier alpha value is -3.59. The number of amides is 4. The minimum absolute atomic E-state index is 0.0114. The largest absolute Gasteiger partial charge is 0.464 e. The molecule has 9 nitrogen and oxygen atoms in total. The lowest BCUT2D eigenvalue weighted by Gasteiger charge is -2.38. The van der Waals surface area contributed by atoms with Gasteiger partial charge in [-0.3, -0.25) is 19.4 Å². The lowest BCUT2D eigenvalue weighted by molar-refractivity contribution is -0.150. The van der Waals surface area contributed by atoms with Gasteiger partial charge in [0.15, 0.2) is 0 Å². The Balaban J connectivity index is 1.12. The number of hydrogen-bond donors (Lipinski definition) is 1. The van der Waals surface area contributed by atoms with Crippen molar-refractivity contribution in [3.63, 3.8) is 0 Å². The van der Waals surface area contributed by atoms with Crippen molar-refractivity contribution in [1.82, 2.24) is 19.7 Å². The number of urea groups is 1. The highest BCUT2D eigenvalue weighted by Gasteiger charge is 2.48. The van der Waals surface area contributed by atoms with E-state index in [2.05, 4.69) is 17.2 Å². The smallest absolute Gasteiger partial charge is 0.329 e. The number of fused-ring (bicyclic) bond motifs is 2. The van der Waals surface area contributed by atoms with Crippen LogP contribution in [0, 0.1) is 23.7 Å². The number of hydrogen-bond acceptors (Lipinski definition) is 7. The number of nitrogens with one attached hydrogen (secondary N) is 1. The first-order valence-corrected chi connectivity index (χ1v) is 17.9. The van der Waals surface area contributed by atoms with Crippen LogP contribution in [0.3, 0.4) is 0 Å². The molecule has 2 aliphatic heterocycles. The first-order valence-electron chi connectivity index (χ1n) is 16.3. The van der Waals surface area contributed by atoms with Gasteiger partial charge in [-0.05, 0) is 88.1 Å². The van der Waals surface area contributed by atoms with Crippen molar-refractivity contribution < 1.29 is 23.9 Å². The lowest BCUT2D eigenvalue weighted by atomic mass is 9.94. The summed E-state index contributed by atoms with van der Waals surface area (Å²) in [5.41, 5.74) is 2.76. The van der Waals surface area contributed by atoms with Gasteiger partial charge >= 0.3 is 12.0 Å². The number of esters is 1. The summed E-state index contributed by atoms with van der Waals surface area (Å²) in [4.78, 5) is 54.8. The number of aromatic nitrogens is 1. The summed E-state index contributed by atoms with van der Waals surface area (Å²) in [7, 11) is 1.95. The van der Waals surface area contributed by atoms with Crippen molar-refractivity contribution in [2.24, 2.45) is 18.9 Å². The fourth-order valence-electron chi connectivity index (χ4n) is 7.30. The maximum Gasteiger partial charge on any atom is 0.329 e. The number of ether oxygens (including phenoxy) is 1. The van der Waals surface area contributed by atoms with E-state index >= 15 is 0 Å². The number of carbonyl (C=O) groups excluding carboxylic acids is 4. The van der Waals surface area contributed by atoms with Crippen LogP contribution in [-0.4, -0.2) is 66.7 Å². The average molecular weight is 707 g/mol. The molecule has 1 aromatic carbocycles. The Bertz CT molecular complexity index is 1750. The predicted molar refractivity (Wildman–Crippen MR) is 191 cm³/mol. The summed E-state index contributed by atoms with van der Waals surface area (Å²) >= 11 is 13.3. The molecule has 2 aromatic rings. The molecule has 12 heteroatoms. The second kappa shape index (κ2) is 13.7. The number of carbonyl (C=O) groups is 4. The molecule has 2 aliphatic carbocycles. The van der Waals surface area contributed by atoms with Crippen LogP contribution in [0.1, 0.15) is 77.0 Å². The van der Waals surface area contributed by atoms with Crippen molar-refractivity contribution in [2.45, 2.75) is 83.3 Å². The Kier molecular flexibility index (Phi) is 9.81. The minimum Gasteiger partial charge on any atom is -0.464 e. The van der Waals surface area contributed by atoms with E-state index in [-0.39, 0.29) is 25.0 Å². The second-order valence-electron chi connectivity index (χ2n) is 13.9. The number of benzene rings is 1. The summed E-state index contributed by atoms with van der Waals surface area (Å²) in [5, 5.41) is 3.21. The molecule has 4 fully saturated rings. The van der Waals surface area contributed by atoms with Gasteiger partial charge in [-0.1, -0.05) is 66.0 Å². The first kappa shape index (κ1) is 34.3. The molecule has 3 heterocycles. The monoisotopic (exact) mass is 706 g/mol. The fraction of sp³-hybridized carbons (Fsp3) is 0.472. The molecule has 1 N–H and O–H groups in total. The van der Waals surface area contributed by atoms with E-state index in [0.29, 0.717) is 38.9 Å². The Morgan fingerprint density at radius 3 is 2.56 bits per heavy atom. The SMILES string of the molecule is Cn1c(/C=C2\SC(=S)N(C3CC4CCC3C4)C2=O)cc(C#CCCCOC(=O)[C@@H]2CC(=O)N(C(C)(C)C)C(=O)N2)c1-c1ccc(Cl)cc1.